The van der Waals surface area contributed by atoms with Crippen LogP contribution in [0, 0.1) is 5.92 Å². The first kappa shape index (κ1) is 12.0. The molecule has 0 bridgehead atoms. The molecule has 1 saturated heterocycles. The third kappa shape index (κ3) is 3.56. The van der Waals surface area contributed by atoms with E-state index in [0.717, 1.165) is 19.5 Å². The van der Waals surface area contributed by atoms with Gasteiger partial charge in [-0.2, -0.15) is 0 Å². The topological polar surface area (TPSA) is 3.24 Å². The van der Waals surface area contributed by atoms with Crippen molar-refractivity contribution in [2.45, 2.75) is 58.7 Å². The molecule has 0 aromatic carbocycles. The van der Waals surface area contributed by atoms with Crippen LogP contribution in [-0.4, -0.2) is 29.7 Å². The van der Waals surface area contributed by atoms with Crippen molar-refractivity contribution in [1.82, 2.24) is 4.90 Å². The Morgan fingerprint density at radius 3 is 2.14 bits per heavy atom. The molecule has 1 rings (SSSR count). The van der Waals surface area contributed by atoms with Gasteiger partial charge in [0.15, 0.2) is 0 Å². The van der Waals surface area contributed by atoms with Crippen molar-refractivity contribution in [2.24, 2.45) is 5.92 Å². The highest BCUT2D eigenvalue weighted by Gasteiger charge is 2.27. The van der Waals surface area contributed by atoms with Crippen LogP contribution < -0.4 is 0 Å². The molecule has 0 spiro atoms. The van der Waals surface area contributed by atoms with Gasteiger partial charge < -0.3 is 0 Å². The highest BCUT2D eigenvalue weighted by Crippen LogP contribution is 2.26. The van der Waals surface area contributed by atoms with Gasteiger partial charge in [-0.25, -0.2) is 4.39 Å². The monoisotopic (exact) mass is 201 g/mol. The van der Waals surface area contributed by atoms with Gasteiger partial charge in [-0.15, -0.1) is 0 Å². The normalized spacial score (nSPS) is 23.8. The van der Waals surface area contributed by atoms with Crippen LogP contribution in [0.1, 0.15) is 47.0 Å². The predicted molar refractivity (Wildman–Crippen MR) is 59.2 cm³/mol. The molecule has 1 aliphatic heterocycles. The fraction of sp³-hybridized carbons (Fsp3) is 1.00. The maximum absolute atomic E-state index is 12.8. The van der Waals surface area contributed by atoms with Crippen LogP contribution in [0.4, 0.5) is 4.39 Å². The molecule has 1 atom stereocenters. The number of rotatable bonds is 2. The van der Waals surface area contributed by atoms with Gasteiger partial charge in [0.2, 0.25) is 0 Å². The molecule has 1 fully saturated rings. The summed E-state index contributed by atoms with van der Waals surface area (Å²) in [5.74, 6) is 0.619. The van der Waals surface area contributed by atoms with Crippen molar-refractivity contribution in [2.75, 3.05) is 13.1 Å². The SMILES string of the molecule is CC(F)CC1CCN(C(C)(C)C)CC1. The Morgan fingerprint density at radius 2 is 1.79 bits per heavy atom. The lowest BCUT2D eigenvalue weighted by atomic mass is 9.89. The lowest BCUT2D eigenvalue weighted by Crippen LogP contribution is -2.46. The lowest BCUT2D eigenvalue weighted by molar-refractivity contribution is 0.0789. The summed E-state index contributed by atoms with van der Waals surface area (Å²) in [4.78, 5) is 2.51. The Morgan fingerprint density at radius 1 is 1.29 bits per heavy atom. The molecule has 84 valence electrons. The van der Waals surface area contributed by atoms with Crippen LogP contribution >= 0.6 is 0 Å². The molecule has 0 saturated carbocycles. The van der Waals surface area contributed by atoms with E-state index in [1.807, 2.05) is 0 Å². The number of alkyl halides is 1. The summed E-state index contributed by atoms with van der Waals surface area (Å²) in [7, 11) is 0. The van der Waals surface area contributed by atoms with E-state index in [9.17, 15) is 4.39 Å². The summed E-state index contributed by atoms with van der Waals surface area (Å²) in [6.07, 6.45) is 2.48. The van der Waals surface area contributed by atoms with Crippen molar-refractivity contribution in [1.29, 1.82) is 0 Å². The maximum atomic E-state index is 12.8. The van der Waals surface area contributed by atoms with E-state index < -0.39 is 6.17 Å². The Kier molecular flexibility index (Phi) is 3.94. The van der Waals surface area contributed by atoms with Crippen molar-refractivity contribution >= 4 is 0 Å². The van der Waals surface area contributed by atoms with E-state index in [2.05, 4.69) is 25.7 Å². The molecule has 0 radical (unpaired) electrons. The second-order valence-corrected chi connectivity index (χ2v) is 5.62. The summed E-state index contributed by atoms with van der Waals surface area (Å²) in [5, 5.41) is 0. The van der Waals surface area contributed by atoms with Crippen molar-refractivity contribution in [3.63, 3.8) is 0 Å². The summed E-state index contributed by atoms with van der Waals surface area (Å²) < 4.78 is 12.8. The van der Waals surface area contributed by atoms with Crippen LogP contribution in [0.2, 0.25) is 0 Å². The number of piperidine rings is 1. The summed E-state index contributed by atoms with van der Waals surface area (Å²) >= 11 is 0. The molecular formula is C12H24FN. The number of hydrogen-bond donors (Lipinski definition) is 0. The molecule has 0 aromatic heterocycles. The molecule has 1 nitrogen and oxygen atoms in total. The Balaban J connectivity index is 2.31. The molecule has 1 aliphatic rings. The van der Waals surface area contributed by atoms with Gasteiger partial charge in [-0.1, -0.05) is 0 Å². The minimum atomic E-state index is -0.624. The summed E-state index contributed by atoms with van der Waals surface area (Å²) in [5.41, 5.74) is 0.284. The molecule has 1 heterocycles. The van der Waals surface area contributed by atoms with Gasteiger partial charge in [0.05, 0.1) is 6.17 Å². The summed E-state index contributed by atoms with van der Waals surface area (Å²) in [6.45, 7) is 10.7. The van der Waals surface area contributed by atoms with Crippen LogP contribution in [0.25, 0.3) is 0 Å². The van der Waals surface area contributed by atoms with E-state index in [4.69, 9.17) is 0 Å². The lowest BCUT2D eigenvalue weighted by Gasteiger charge is -2.41. The van der Waals surface area contributed by atoms with Gasteiger partial charge in [-0.3, -0.25) is 4.90 Å². The largest absolute Gasteiger partial charge is 0.298 e. The van der Waals surface area contributed by atoms with Crippen LogP contribution in [0.15, 0.2) is 0 Å². The Labute approximate surface area is 87.7 Å². The van der Waals surface area contributed by atoms with Gasteiger partial charge >= 0.3 is 0 Å². The minimum Gasteiger partial charge on any atom is -0.298 e. The molecule has 0 aromatic rings. The smallest absolute Gasteiger partial charge is 0.0976 e. The van der Waals surface area contributed by atoms with Gasteiger partial charge in [0.1, 0.15) is 0 Å². The first-order valence-corrected chi connectivity index (χ1v) is 5.78. The van der Waals surface area contributed by atoms with E-state index in [0.29, 0.717) is 5.92 Å². The zero-order chi connectivity index (χ0) is 10.8. The molecule has 2 heteroatoms. The van der Waals surface area contributed by atoms with Crippen molar-refractivity contribution < 1.29 is 4.39 Å². The third-order valence-electron chi connectivity index (χ3n) is 3.22. The molecule has 0 N–H and O–H groups in total. The quantitative estimate of drug-likeness (QED) is 0.663. The Hall–Kier alpha value is -0.110. The van der Waals surface area contributed by atoms with Crippen LogP contribution in [0.5, 0.6) is 0 Å². The molecule has 0 aliphatic carbocycles. The number of likely N-dealkylation sites (tertiary alicyclic amines) is 1. The molecule has 0 amide bonds. The average molecular weight is 201 g/mol. The second-order valence-electron chi connectivity index (χ2n) is 5.62. The van der Waals surface area contributed by atoms with E-state index in [1.165, 1.54) is 12.8 Å². The van der Waals surface area contributed by atoms with Gasteiger partial charge in [-0.05, 0) is 66.0 Å². The van der Waals surface area contributed by atoms with Gasteiger partial charge in [0.25, 0.3) is 0 Å². The fourth-order valence-electron chi connectivity index (χ4n) is 2.30. The van der Waals surface area contributed by atoms with E-state index >= 15 is 0 Å². The number of halogens is 1. The van der Waals surface area contributed by atoms with Crippen molar-refractivity contribution in [3.8, 4) is 0 Å². The average Bonchev–Trinajstić information content (AvgIpc) is 2.02. The molecular weight excluding hydrogens is 177 g/mol. The Bertz CT molecular complexity index is 164. The minimum absolute atomic E-state index is 0.284. The van der Waals surface area contributed by atoms with E-state index in [1.54, 1.807) is 6.92 Å². The summed E-state index contributed by atoms with van der Waals surface area (Å²) in [6, 6.07) is 0. The number of hydrogen-bond acceptors (Lipinski definition) is 1. The first-order valence-electron chi connectivity index (χ1n) is 5.78. The maximum Gasteiger partial charge on any atom is 0.0976 e. The number of nitrogens with zero attached hydrogens (tertiary/aromatic N) is 1. The standard InChI is InChI=1S/C12H24FN/c1-10(13)9-11-5-7-14(8-6-11)12(2,3)4/h10-11H,5-9H2,1-4H3. The predicted octanol–water partition coefficient (Wildman–Crippen LogP) is 3.25. The highest BCUT2D eigenvalue weighted by molar-refractivity contribution is 4.82. The fourth-order valence-corrected chi connectivity index (χ4v) is 2.30. The van der Waals surface area contributed by atoms with Crippen molar-refractivity contribution in [3.05, 3.63) is 0 Å². The second kappa shape index (κ2) is 4.61. The van der Waals surface area contributed by atoms with Crippen LogP contribution in [0.3, 0.4) is 0 Å². The zero-order valence-electron chi connectivity index (χ0n) is 10.0. The zero-order valence-corrected chi connectivity index (χ0v) is 10.0. The van der Waals surface area contributed by atoms with E-state index in [-0.39, 0.29) is 5.54 Å². The first-order chi connectivity index (χ1) is 6.39. The highest BCUT2D eigenvalue weighted by atomic mass is 19.1. The van der Waals surface area contributed by atoms with Crippen LogP contribution in [-0.2, 0) is 0 Å². The third-order valence-corrected chi connectivity index (χ3v) is 3.22. The van der Waals surface area contributed by atoms with Gasteiger partial charge in [0, 0.05) is 5.54 Å². The molecule has 1 unspecified atom stereocenters. The molecule has 14 heavy (non-hydrogen) atoms.